The van der Waals surface area contributed by atoms with Gasteiger partial charge in [-0.15, -0.1) is 0 Å². The fourth-order valence-electron chi connectivity index (χ4n) is 7.03. The molecule has 0 unspecified atom stereocenters. The number of H-pyrrole nitrogens is 1. The van der Waals surface area contributed by atoms with Crippen molar-refractivity contribution in [3.63, 3.8) is 0 Å². The summed E-state index contributed by atoms with van der Waals surface area (Å²) in [6, 6.07) is 24.4. The fraction of sp³-hybridized carbons (Fsp3) is 0.348. The van der Waals surface area contributed by atoms with Gasteiger partial charge in [0, 0.05) is 41.8 Å². The molecule has 3 aromatic carbocycles. The number of aliphatic carboxylic acids is 1. The van der Waals surface area contributed by atoms with E-state index in [4.69, 9.17) is 24.4 Å². The van der Waals surface area contributed by atoms with Crippen LogP contribution in [0.15, 0.2) is 89.9 Å². The van der Waals surface area contributed by atoms with E-state index in [1.165, 1.54) is 6.20 Å². The van der Waals surface area contributed by atoms with Gasteiger partial charge in [-0.05, 0) is 82.0 Å². The first-order valence-electron chi connectivity index (χ1n) is 20.8. The topological polar surface area (TPSA) is 248 Å². The second-order valence-electron chi connectivity index (χ2n) is 17.1. The Labute approximate surface area is 374 Å². The van der Waals surface area contributed by atoms with E-state index in [-0.39, 0.29) is 44.4 Å². The lowest BCUT2D eigenvalue weighted by molar-refractivity contribution is -0.144. The summed E-state index contributed by atoms with van der Waals surface area (Å²) < 4.78 is 23.2. The van der Waals surface area contributed by atoms with Crippen LogP contribution in [0.1, 0.15) is 58.6 Å². The van der Waals surface area contributed by atoms with E-state index in [2.05, 4.69) is 20.6 Å². The van der Waals surface area contributed by atoms with Gasteiger partial charge in [0.2, 0.25) is 11.9 Å². The number of ether oxygens (including phenoxy) is 4. The van der Waals surface area contributed by atoms with Crippen LogP contribution in [-0.2, 0) is 30.3 Å². The number of nitrogens with one attached hydrogen (secondary N) is 4. The molecule has 6 rings (SSSR count). The van der Waals surface area contributed by atoms with Crippen molar-refractivity contribution in [2.45, 2.75) is 65.2 Å². The van der Waals surface area contributed by atoms with Crippen molar-refractivity contribution in [3.8, 4) is 28.1 Å². The quantitative estimate of drug-likeness (QED) is 0.0496. The molecule has 342 valence electrons. The molecule has 0 atom stereocenters. The van der Waals surface area contributed by atoms with Gasteiger partial charge < -0.3 is 39.3 Å². The van der Waals surface area contributed by atoms with E-state index in [1.807, 2.05) is 48.5 Å². The number of nitrogens with zero attached hydrogens (tertiary/aromatic N) is 4. The van der Waals surface area contributed by atoms with E-state index >= 15 is 0 Å². The maximum absolute atomic E-state index is 13.4. The molecule has 0 radical (unpaired) electrons. The number of aromatic amines is 1. The number of carbonyl (C=O) groups is 5. The summed E-state index contributed by atoms with van der Waals surface area (Å²) in [6.45, 7) is 8.33. The largest absolute Gasteiger partial charge is 0.492 e. The zero-order valence-corrected chi connectivity index (χ0v) is 36.9. The fourth-order valence-corrected chi connectivity index (χ4v) is 7.03. The van der Waals surface area contributed by atoms with Crippen LogP contribution in [0, 0.1) is 5.41 Å². The van der Waals surface area contributed by atoms with Gasteiger partial charge >= 0.3 is 29.9 Å². The third-order valence-electron chi connectivity index (χ3n) is 9.79. The van der Waals surface area contributed by atoms with Crippen molar-refractivity contribution in [3.05, 3.63) is 107 Å². The third kappa shape index (κ3) is 12.5. The zero-order chi connectivity index (χ0) is 47.1. The van der Waals surface area contributed by atoms with Crippen molar-refractivity contribution < 1.29 is 48.0 Å². The number of amides is 4. The number of carboxylic acid groups (broad SMARTS) is 1. The van der Waals surface area contributed by atoms with E-state index in [9.17, 15) is 33.9 Å². The maximum Gasteiger partial charge on any atom is 0.417 e. The smallest absolute Gasteiger partial charge is 0.417 e. The standard InChI is InChI=1S/C46H52N8O11/c1-45(2,3)64-43(60)51-40(47)54(44(61)65-46(4,5)6)20-21-62-30-13-11-12-28(22-30)36-23-29-24-53(41(58)50-39(29)49-36)25-37(55)52(26-38(56)57)19-18-48-42(59)63-27-35-33-16-9-7-14-31(33)32-15-8-10-17-34(32)35/h7-17,22-24,35H,18-21,25-27H2,1-6H3,(H,48,59)(H,56,57)(H2,47,51,60)(H,49,50,58). The number of carboxylic acids is 1. The average molecular weight is 893 g/mol. The van der Waals surface area contributed by atoms with Crippen LogP contribution in [0.4, 0.5) is 14.4 Å². The van der Waals surface area contributed by atoms with Crippen LogP contribution in [0.25, 0.3) is 33.4 Å². The van der Waals surface area contributed by atoms with Crippen LogP contribution >= 0.6 is 0 Å². The van der Waals surface area contributed by atoms with Gasteiger partial charge in [0.05, 0.1) is 6.54 Å². The van der Waals surface area contributed by atoms with E-state index < -0.39 is 66.1 Å². The molecule has 2 heterocycles. The summed E-state index contributed by atoms with van der Waals surface area (Å²) in [5.74, 6) is -2.30. The number of fused-ring (bicyclic) bond motifs is 4. The average Bonchev–Trinajstić information content (AvgIpc) is 3.78. The molecule has 0 saturated heterocycles. The van der Waals surface area contributed by atoms with Gasteiger partial charge in [-0.3, -0.25) is 24.9 Å². The summed E-state index contributed by atoms with van der Waals surface area (Å²) in [5.41, 5.74) is 3.20. The molecular weight excluding hydrogens is 841 g/mol. The molecule has 19 nitrogen and oxygen atoms in total. The predicted octanol–water partition coefficient (Wildman–Crippen LogP) is 5.92. The van der Waals surface area contributed by atoms with Crippen molar-refractivity contribution in [1.82, 2.24) is 35.0 Å². The van der Waals surface area contributed by atoms with E-state index in [1.54, 1.807) is 71.9 Å². The first kappa shape index (κ1) is 46.8. The van der Waals surface area contributed by atoms with Crippen LogP contribution in [0.5, 0.6) is 5.75 Å². The predicted molar refractivity (Wildman–Crippen MR) is 239 cm³/mol. The maximum atomic E-state index is 13.4. The van der Waals surface area contributed by atoms with E-state index in [0.717, 1.165) is 36.6 Å². The SMILES string of the molecule is CC(C)(C)OC(=O)NC(=N)N(CCOc1cccc(-c2cc3cn(CC(=O)N(CCNC(=O)OCC4c5ccccc5-c5ccccc54)CC(=O)O)c(=O)nc3[nH]2)c1)C(=O)OC(C)(C)C. The van der Waals surface area contributed by atoms with Crippen LogP contribution in [0.3, 0.4) is 0 Å². The van der Waals surface area contributed by atoms with Crippen molar-refractivity contribution in [2.75, 3.05) is 39.4 Å². The highest BCUT2D eigenvalue weighted by molar-refractivity contribution is 6.00. The first-order valence-corrected chi connectivity index (χ1v) is 20.8. The highest BCUT2D eigenvalue weighted by Gasteiger charge is 2.30. The lowest BCUT2D eigenvalue weighted by atomic mass is 9.98. The Balaban J connectivity index is 1.05. The van der Waals surface area contributed by atoms with Crippen molar-refractivity contribution in [2.24, 2.45) is 0 Å². The number of hydrogen-bond donors (Lipinski definition) is 5. The Kier molecular flexibility index (Phi) is 14.2. The molecule has 5 aromatic rings. The molecular formula is C46H52N8O11. The highest BCUT2D eigenvalue weighted by Crippen LogP contribution is 2.44. The molecule has 65 heavy (non-hydrogen) atoms. The number of hydrogen-bond acceptors (Lipinski definition) is 12. The number of carbonyl (C=O) groups excluding carboxylic acids is 4. The summed E-state index contributed by atoms with van der Waals surface area (Å²) in [7, 11) is 0. The van der Waals surface area contributed by atoms with Gasteiger partial charge in [-0.1, -0.05) is 60.7 Å². The Morgan fingerprint density at radius 2 is 1.52 bits per heavy atom. The molecule has 19 heteroatoms. The van der Waals surface area contributed by atoms with Gasteiger partial charge in [0.1, 0.15) is 48.9 Å². The molecule has 1 aliphatic rings. The lowest BCUT2D eigenvalue weighted by Crippen LogP contribution is -2.50. The molecule has 0 saturated carbocycles. The number of rotatable bonds is 14. The first-order chi connectivity index (χ1) is 30.7. The van der Waals surface area contributed by atoms with Crippen LogP contribution < -0.4 is 21.1 Å². The Bertz CT molecular complexity index is 2620. The summed E-state index contributed by atoms with van der Waals surface area (Å²) >= 11 is 0. The van der Waals surface area contributed by atoms with E-state index in [0.29, 0.717) is 22.4 Å². The molecule has 4 amide bonds. The minimum atomic E-state index is -1.28. The van der Waals surface area contributed by atoms with Crippen LogP contribution in [-0.4, -0.2) is 116 Å². The summed E-state index contributed by atoms with van der Waals surface area (Å²) in [6.07, 6.45) is -1.09. The van der Waals surface area contributed by atoms with Gasteiger partial charge in [0.25, 0.3) is 0 Å². The highest BCUT2D eigenvalue weighted by atomic mass is 16.6. The Hall–Kier alpha value is -7.70. The third-order valence-corrected chi connectivity index (χ3v) is 9.79. The van der Waals surface area contributed by atoms with Gasteiger partial charge in [0.15, 0.2) is 0 Å². The van der Waals surface area contributed by atoms with Gasteiger partial charge in [-0.2, -0.15) is 4.98 Å². The second-order valence-corrected chi connectivity index (χ2v) is 17.1. The molecule has 0 spiro atoms. The number of benzene rings is 3. The summed E-state index contributed by atoms with van der Waals surface area (Å²) in [5, 5.41) is 23.3. The normalized spacial score (nSPS) is 12.1. The monoisotopic (exact) mass is 892 g/mol. The number of aromatic nitrogens is 3. The van der Waals surface area contributed by atoms with Crippen molar-refractivity contribution in [1.29, 1.82) is 5.41 Å². The van der Waals surface area contributed by atoms with Crippen LogP contribution in [0.2, 0.25) is 0 Å². The van der Waals surface area contributed by atoms with Gasteiger partial charge in [-0.25, -0.2) is 24.1 Å². The minimum absolute atomic E-state index is 0.0807. The molecule has 1 aliphatic carbocycles. The molecule has 0 fully saturated rings. The number of guanidine groups is 1. The molecule has 5 N–H and O–H groups in total. The summed E-state index contributed by atoms with van der Waals surface area (Å²) in [4.78, 5) is 85.4. The van der Waals surface area contributed by atoms with Crippen molar-refractivity contribution >= 4 is 47.1 Å². The minimum Gasteiger partial charge on any atom is -0.492 e. The number of alkyl carbamates (subject to hydrolysis) is 2. The molecule has 0 aliphatic heterocycles. The Morgan fingerprint density at radius 3 is 2.17 bits per heavy atom. The Morgan fingerprint density at radius 1 is 0.862 bits per heavy atom. The molecule has 0 bridgehead atoms. The zero-order valence-electron chi connectivity index (χ0n) is 36.9. The second kappa shape index (κ2) is 19.8. The molecule has 2 aromatic heterocycles. The lowest BCUT2D eigenvalue weighted by Gasteiger charge is -2.28.